The third-order valence-corrected chi connectivity index (χ3v) is 3.55. The van der Waals surface area contributed by atoms with E-state index in [4.69, 9.17) is 0 Å². The second-order valence-electron chi connectivity index (χ2n) is 3.84. The van der Waals surface area contributed by atoms with Crippen LogP contribution in [0.3, 0.4) is 0 Å². The van der Waals surface area contributed by atoms with Crippen molar-refractivity contribution in [2.75, 3.05) is 13.2 Å². The van der Waals surface area contributed by atoms with E-state index in [1.165, 1.54) is 11.3 Å². The summed E-state index contributed by atoms with van der Waals surface area (Å²) in [6.07, 6.45) is 3.08. The zero-order chi connectivity index (χ0) is 10.7. The van der Waals surface area contributed by atoms with Crippen LogP contribution < -0.4 is 0 Å². The van der Waals surface area contributed by atoms with Gasteiger partial charge in [0.1, 0.15) is 0 Å². The minimum absolute atomic E-state index is 0.0196. The van der Waals surface area contributed by atoms with Crippen molar-refractivity contribution >= 4 is 17.2 Å². The first-order chi connectivity index (χ1) is 7.33. The summed E-state index contributed by atoms with van der Waals surface area (Å²) in [5.74, 6) is 0.0648. The molecule has 15 heavy (non-hydrogen) atoms. The minimum atomic E-state index is 0.0196. The third-order valence-electron chi connectivity index (χ3n) is 2.87. The first-order valence-corrected chi connectivity index (χ1v) is 6.21. The number of aliphatic hydroxyl groups is 1. The Kier molecular flexibility index (Phi) is 3.38. The van der Waals surface area contributed by atoms with Gasteiger partial charge >= 0.3 is 0 Å². The van der Waals surface area contributed by atoms with E-state index in [1.807, 2.05) is 21.7 Å². The second kappa shape index (κ2) is 4.77. The van der Waals surface area contributed by atoms with Gasteiger partial charge in [0, 0.05) is 11.9 Å². The Hall–Kier alpha value is -0.870. The van der Waals surface area contributed by atoms with E-state index in [9.17, 15) is 9.90 Å². The second-order valence-corrected chi connectivity index (χ2v) is 4.62. The quantitative estimate of drug-likeness (QED) is 0.832. The molecule has 1 aromatic heterocycles. The van der Waals surface area contributed by atoms with Crippen molar-refractivity contribution in [3.63, 3.8) is 0 Å². The number of hydrogen-bond acceptors (Lipinski definition) is 3. The van der Waals surface area contributed by atoms with E-state index < -0.39 is 0 Å². The largest absolute Gasteiger partial charge is 0.394 e. The summed E-state index contributed by atoms with van der Waals surface area (Å²) in [5.41, 5.74) is 0.750. The molecule has 0 aromatic carbocycles. The molecule has 0 bridgehead atoms. The van der Waals surface area contributed by atoms with E-state index >= 15 is 0 Å². The SMILES string of the molecule is O=C(c1ccsc1)N1CCCC[C@@H]1CO. The summed E-state index contributed by atoms with van der Waals surface area (Å²) in [7, 11) is 0. The fraction of sp³-hybridized carbons (Fsp3) is 0.545. The van der Waals surface area contributed by atoms with Crippen LogP contribution >= 0.6 is 11.3 Å². The average Bonchev–Trinajstić information content (AvgIpc) is 2.81. The van der Waals surface area contributed by atoms with E-state index in [2.05, 4.69) is 0 Å². The molecular formula is C11H15NO2S. The van der Waals surface area contributed by atoms with Crippen molar-refractivity contribution in [3.8, 4) is 0 Å². The Bertz CT molecular complexity index is 323. The van der Waals surface area contributed by atoms with Crippen molar-refractivity contribution in [3.05, 3.63) is 22.4 Å². The van der Waals surface area contributed by atoms with Gasteiger partial charge in [-0.2, -0.15) is 11.3 Å². The van der Waals surface area contributed by atoms with Gasteiger partial charge in [0.05, 0.1) is 18.2 Å². The topological polar surface area (TPSA) is 40.5 Å². The highest BCUT2D eigenvalue weighted by Crippen LogP contribution is 2.20. The Labute approximate surface area is 93.3 Å². The Morgan fingerprint density at radius 2 is 2.47 bits per heavy atom. The van der Waals surface area contributed by atoms with Gasteiger partial charge in [-0.15, -0.1) is 0 Å². The molecule has 0 spiro atoms. The van der Waals surface area contributed by atoms with E-state index in [0.717, 1.165) is 31.4 Å². The molecule has 1 aliphatic heterocycles. The molecule has 1 atom stereocenters. The maximum absolute atomic E-state index is 12.1. The van der Waals surface area contributed by atoms with Gasteiger partial charge in [-0.3, -0.25) is 4.79 Å². The number of likely N-dealkylation sites (tertiary alicyclic amines) is 1. The molecule has 1 N–H and O–H groups in total. The fourth-order valence-corrected chi connectivity index (χ4v) is 2.64. The van der Waals surface area contributed by atoms with Crippen LogP contribution in [0.15, 0.2) is 16.8 Å². The van der Waals surface area contributed by atoms with Crippen LogP contribution in [0.5, 0.6) is 0 Å². The lowest BCUT2D eigenvalue weighted by Gasteiger charge is -2.34. The number of aliphatic hydroxyl groups excluding tert-OH is 1. The maximum atomic E-state index is 12.1. The van der Waals surface area contributed by atoms with Crippen LogP contribution in [0.2, 0.25) is 0 Å². The Morgan fingerprint density at radius 3 is 3.13 bits per heavy atom. The molecule has 82 valence electrons. The number of piperidine rings is 1. The molecule has 1 aliphatic rings. The van der Waals surface area contributed by atoms with Crippen molar-refractivity contribution in [2.24, 2.45) is 0 Å². The zero-order valence-corrected chi connectivity index (χ0v) is 9.37. The highest BCUT2D eigenvalue weighted by molar-refractivity contribution is 7.08. The van der Waals surface area contributed by atoms with Crippen LogP contribution in [-0.4, -0.2) is 35.1 Å². The number of carbonyl (C=O) groups excluding carboxylic acids is 1. The van der Waals surface area contributed by atoms with Crippen LogP contribution in [0.1, 0.15) is 29.6 Å². The first-order valence-electron chi connectivity index (χ1n) is 5.27. The molecule has 1 fully saturated rings. The number of rotatable bonds is 2. The van der Waals surface area contributed by atoms with Gasteiger partial charge < -0.3 is 10.0 Å². The molecule has 0 unspecified atom stereocenters. The number of carbonyl (C=O) groups is 1. The summed E-state index contributed by atoms with van der Waals surface area (Å²) >= 11 is 1.53. The van der Waals surface area contributed by atoms with Gasteiger partial charge in [-0.05, 0) is 30.7 Å². The van der Waals surface area contributed by atoms with E-state index in [0.29, 0.717) is 0 Å². The number of nitrogens with zero attached hydrogens (tertiary/aromatic N) is 1. The summed E-state index contributed by atoms with van der Waals surface area (Å²) in [5, 5.41) is 13.0. The molecule has 2 heterocycles. The van der Waals surface area contributed by atoms with Crippen LogP contribution in [-0.2, 0) is 0 Å². The highest BCUT2D eigenvalue weighted by Gasteiger charge is 2.26. The maximum Gasteiger partial charge on any atom is 0.255 e. The van der Waals surface area contributed by atoms with E-state index in [1.54, 1.807) is 0 Å². The molecule has 2 rings (SSSR count). The lowest BCUT2D eigenvalue weighted by atomic mass is 10.0. The fourth-order valence-electron chi connectivity index (χ4n) is 2.01. The molecular weight excluding hydrogens is 210 g/mol. The summed E-state index contributed by atoms with van der Waals surface area (Å²) in [4.78, 5) is 13.9. The molecule has 0 radical (unpaired) electrons. The first kappa shape index (κ1) is 10.6. The zero-order valence-electron chi connectivity index (χ0n) is 8.56. The Balaban J connectivity index is 2.11. The average molecular weight is 225 g/mol. The van der Waals surface area contributed by atoms with E-state index in [-0.39, 0.29) is 18.6 Å². The van der Waals surface area contributed by atoms with Gasteiger partial charge in [0.25, 0.3) is 5.91 Å². The van der Waals surface area contributed by atoms with Crippen molar-refractivity contribution in [1.29, 1.82) is 0 Å². The lowest BCUT2D eigenvalue weighted by molar-refractivity contribution is 0.0503. The minimum Gasteiger partial charge on any atom is -0.394 e. The molecule has 3 nitrogen and oxygen atoms in total. The molecule has 1 aromatic rings. The van der Waals surface area contributed by atoms with Gasteiger partial charge in [-0.25, -0.2) is 0 Å². The summed E-state index contributed by atoms with van der Waals surface area (Å²) in [6, 6.07) is 1.86. The van der Waals surface area contributed by atoms with Crippen LogP contribution in [0.25, 0.3) is 0 Å². The van der Waals surface area contributed by atoms with Crippen molar-refractivity contribution in [2.45, 2.75) is 25.3 Å². The molecule has 0 saturated carbocycles. The number of thiophene rings is 1. The lowest BCUT2D eigenvalue weighted by Crippen LogP contribution is -2.45. The van der Waals surface area contributed by atoms with Gasteiger partial charge in [0.2, 0.25) is 0 Å². The van der Waals surface area contributed by atoms with Crippen LogP contribution in [0, 0.1) is 0 Å². The molecule has 4 heteroatoms. The molecule has 1 amide bonds. The number of hydrogen-bond donors (Lipinski definition) is 1. The third kappa shape index (κ3) is 2.21. The van der Waals surface area contributed by atoms with Gasteiger partial charge in [-0.1, -0.05) is 0 Å². The standard InChI is InChI=1S/C11H15NO2S/c13-7-10-3-1-2-5-12(10)11(14)9-4-6-15-8-9/h4,6,8,10,13H,1-3,5,7H2/t10-/m1/s1. The Morgan fingerprint density at radius 1 is 1.60 bits per heavy atom. The predicted molar refractivity (Wildman–Crippen MR) is 60.1 cm³/mol. The van der Waals surface area contributed by atoms with Crippen LogP contribution in [0.4, 0.5) is 0 Å². The summed E-state index contributed by atoms with van der Waals surface area (Å²) < 4.78 is 0. The molecule has 0 aliphatic carbocycles. The van der Waals surface area contributed by atoms with Gasteiger partial charge in [0.15, 0.2) is 0 Å². The smallest absolute Gasteiger partial charge is 0.255 e. The number of amides is 1. The normalized spacial score (nSPS) is 21.7. The molecule has 1 saturated heterocycles. The van der Waals surface area contributed by atoms with Crippen molar-refractivity contribution in [1.82, 2.24) is 4.90 Å². The monoisotopic (exact) mass is 225 g/mol. The summed E-state index contributed by atoms with van der Waals surface area (Å²) in [6.45, 7) is 0.857. The predicted octanol–water partition coefficient (Wildman–Crippen LogP) is 1.74. The van der Waals surface area contributed by atoms with Crippen molar-refractivity contribution < 1.29 is 9.90 Å². The highest BCUT2D eigenvalue weighted by atomic mass is 32.1.